The van der Waals surface area contributed by atoms with Gasteiger partial charge in [0.15, 0.2) is 0 Å². The van der Waals surface area contributed by atoms with Crippen LogP contribution in [0.3, 0.4) is 0 Å². The number of rotatable bonds is 5. The third-order valence-corrected chi connectivity index (χ3v) is 7.35. The van der Waals surface area contributed by atoms with E-state index in [1.54, 1.807) is 11.0 Å². The van der Waals surface area contributed by atoms with Crippen molar-refractivity contribution in [3.63, 3.8) is 0 Å². The highest BCUT2D eigenvalue weighted by Gasteiger charge is 2.64. The Labute approximate surface area is 220 Å². The van der Waals surface area contributed by atoms with E-state index in [0.717, 1.165) is 10.5 Å². The quantitative estimate of drug-likeness (QED) is 0.301. The Kier molecular flexibility index (Phi) is 5.45. The van der Waals surface area contributed by atoms with Gasteiger partial charge in [-0.1, -0.05) is 30.4 Å². The second-order valence-electron chi connectivity index (χ2n) is 9.39. The topological polar surface area (TPSA) is 156 Å². The molecule has 0 bridgehead atoms. The smallest absolute Gasteiger partial charge is 0.269 e. The molecule has 3 aromatic carbocycles. The molecule has 4 atom stereocenters. The highest BCUT2D eigenvalue weighted by atomic mass is 16.6. The monoisotopic (exact) mass is 525 g/mol. The molecule has 0 unspecified atom stereocenters. The Morgan fingerprint density at radius 2 is 1.38 bits per heavy atom. The zero-order chi connectivity index (χ0) is 27.4. The van der Waals surface area contributed by atoms with Crippen LogP contribution >= 0.6 is 0 Å². The molecule has 0 spiro atoms. The van der Waals surface area contributed by atoms with Crippen molar-refractivity contribution in [2.24, 2.45) is 11.8 Å². The van der Waals surface area contributed by atoms with Crippen molar-refractivity contribution in [1.82, 2.24) is 0 Å². The van der Waals surface area contributed by atoms with Gasteiger partial charge in [-0.2, -0.15) is 0 Å². The summed E-state index contributed by atoms with van der Waals surface area (Å²) in [5, 5.41) is 24.8. The molecule has 12 heteroatoms. The highest BCUT2D eigenvalue weighted by Crippen LogP contribution is 2.49. The molecule has 0 radical (unpaired) electrons. The lowest BCUT2D eigenvalue weighted by molar-refractivity contribution is -0.385. The number of nitro groups is 2. The number of nitrogens with zero attached hydrogens (tertiary/aromatic N) is 4. The number of nitro benzene ring substituents is 2. The molecule has 3 amide bonds. The van der Waals surface area contributed by atoms with Crippen molar-refractivity contribution in [1.29, 1.82) is 0 Å². The third-order valence-electron chi connectivity index (χ3n) is 7.35. The number of imide groups is 1. The van der Waals surface area contributed by atoms with Gasteiger partial charge in [-0.25, -0.2) is 4.90 Å². The molecule has 6 rings (SSSR count). The van der Waals surface area contributed by atoms with E-state index in [-0.39, 0.29) is 17.1 Å². The molecule has 3 aliphatic heterocycles. The Bertz CT molecular complexity index is 1580. The van der Waals surface area contributed by atoms with Gasteiger partial charge in [0, 0.05) is 35.6 Å². The molecule has 3 aromatic rings. The molecule has 2 fully saturated rings. The molecule has 3 heterocycles. The van der Waals surface area contributed by atoms with Crippen molar-refractivity contribution in [3.05, 3.63) is 105 Å². The number of nitrogens with one attached hydrogen (secondary N) is 1. The van der Waals surface area contributed by atoms with E-state index in [9.17, 15) is 34.6 Å². The first kappa shape index (κ1) is 24.0. The molecular weight excluding hydrogens is 506 g/mol. The fourth-order valence-corrected chi connectivity index (χ4v) is 5.67. The van der Waals surface area contributed by atoms with Crippen molar-refractivity contribution < 1.29 is 24.2 Å². The number of fused-ring (bicyclic) bond motifs is 5. The van der Waals surface area contributed by atoms with Gasteiger partial charge >= 0.3 is 0 Å². The summed E-state index contributed by atoms with van der Waals surface area (Å²) >= 11 is 0. The minimum atomic E-state index is -1.07. The summed E-state index contributed by atoms with van der Waals surface area (Å²) < 4.78 is 0. The van der Waals surface area contributed by atoms with Gasteiger partial charge in [-0.3, -0.25) is 34.6 Å². The van der Waals surface area contributed by atoms with Gasteiger partial charge in [0.1, 0.15) is 6.04 Å². The van der Waals surface area contributed by atoms with Crippen molar-refractivity contribution in [2.45, 2.75) is 12.1 Å². The maximum atomic E-state index is 13.8. The fraction of sp³-hybridized carbons (Fsp3) is 0.148. The number of para-hydroxylation sites is 1. The molecule has 0 saturated carbocycles. The van der Waals surface area contributed by atoms with Crippen LogP contribution < -0.4 is 15.1 Å². The average molecular weight is 525 g/mol. The molecule has 3 aliphatic rings. The van der Waals surface area contributed by atoms with Gasteiger partial charge in [0.25, 0.3) is 11.4 Å². The number of non-ortho nitro benzene ring substituents is 2. The number of hydrogen-bond acceptors (Lipinski definition) is 8. The predicted octanol–water partition coefficient (Wildman–Crippen LogP) is 3.53. The van der Waals surface area contributed by atoms with Crippen molar-refractivity contribution in [3.8, 4) is 0 Å². The van der Waals surface area contributed by atoms with Crippen LogP contribution in [0.25, 0.3) is 6.08 Å². The largest absolute Gasteiger partial charge is 0.351 e. The zero-order valence-corrected chi connectivity index (χ0v) is 20.0. The van der Waals surface area contributed by atoms with Crippen LogP contribution in [-0.4, -0.2) is 39.7 Å². The first-order valence-corrected chi connectivity index (χ1v) is 12.0. The van der Waals surface area contributed by atoms with Crippen molar-refractivity contribution >= 4 is 52.2 Å². The lowest BCUT2D eigenvalue weighted by atomic mass is 9.88. The number of carbonyl (C=O) groups excluding carboxylic acids is 3. The Hall–Kier alpha value is -5.39. The van der Waals surface area contributed by atoms with E-state index in [2.05, 4.69) is 5.32 Å². The summed E-state index contributed by atoms with van der Waals surface area (Å²) in [5.74, 6) is -3.53. The van der Waals surface area contributed by atoms with E-state index in [4.69, 9.17) is 0 Å². The summed E-state index contributed by atoms with van der Waals surface area (Å²) in [6.07, 6.45) is 3.67. The number of carbonyl (C=O) groups is 3. The number of anilines is 3. The molecular formula is C27H19N5O7. The van der Waals surface area contributed by atoms with E-state index in [1.807, 2.05) is 30.4 Å². The third kappa shape index (κ3) is 3.72. The molecule has 194 valence electrons. The van der Waals surface area contributed by atoms with Gasteiger partial charge in [-0.15, -0.1) is 0 Å². The van der Waals surface area contributed by atoms with Crippen LogP contribution in [0.5, 0.6) is 0 Å². The van der Waals surface area contributed by atoms with E-state index in [0.29, 0.717) is 11.4 Å². The van der Waals surface area contributed by atoms with Crippen LogP contribution in [0.2, 0.25) is 0 Å². The normalized spacial score (nSPS) is 22.8. The van der Waals surface area contributed by atoms with Crippen LogP contribution in [0.15, 0.2) is 78.9 Å². The zero-order valence-electron chi connectivity index (χ0n) is 20.0. The van der Waals surface area contributed by atoms with Gasteiger partial charge in [-0.05, 0) is 35.9 Å². The Morgan fingerprint density at radius 1 is 0.795 bits per heavy atom. The first-order chi connectivity index (χ1) is 18.8. The van der Waals surface area contributed by atoms with Crippen LogP contribution in [0.4, 0.5) is 28.4 Å². The maximum absolute atomic E-state index is 13.8. The van der Waals surface area contributed by atoms with Crippen LogP contribution in [-0.2, 0) is 14.4 Å². The average Bonchev–Trinajstić information content (AvgIpc) is 3.41. The minimum absolute atomic E-state index is 0.139. The van der Waals surface area contributed by atoms with E-state index < -0.39 is 51.5 Å². The SMILES string of the molecule is O=C(Nc1ccc([N+](=O)[O-])cc1)[C@@H]1[C@@H]2C(=O)N(c3ccc([N+](=O)[O-])cc3)C(=O)[C@@H]2[C@@H]2C=Cc3ccccc3N12. The summed E-state index contributed by atoms with van der Waals surface area (Å²) in [4.78, 5) is 65.1. The second-order valence-corrected chi connectivity index (χ2v) is 9.39. The van der Waals surface area contributed by atoms with E-state index in [1.165, 1.54) is 48.5 Å². The first-order valence-electron chi connectivity index (χ1n) is 12.0. The summed E-state index contributed by atoms with van der Waals surface area (Å²) in [5.41, 5.74) is 1.69. The van der Waals surface area contributed by atoms with Crippen LogP contribution in [0.1, 0.15) is 5.56 Å². The lowest BCUT2D eigenvalue weighted by Crippen LogP contribution is -2.50. The minimum Gasteiger partial charge on any atom is -0.351 e. The molecule has 0 aliphatic carbocycles. The summed E-state index contributed by atoms with van der Waals surface area (Å²) in [6, 6.07) is 16.1. The molecule has 1 N–H and O–H groups in total. The van der Waals surface area contributed by atoms with Gasteiger partial charge in [0.2, 0.25) is 17.7 Å². The highest BCUT2D eigenvalue weighted by molar-refractivity contribution is 6.25. The lowest BCUT2D eigenvalue weighted by Gasteiger charge is -2.36. The Morgan fingerprint density at radius 3 is 2.03 bits per heavy atom. The second kappa shape index (κ2) is 8.87. The van der Waals surface area contributed by atoms with Crippen molar-refractivity contribution in [2.75, 3.05) is 15.1 Å². The van der Waals surface area contributed by atoms with Gasteiger partial charge in [0.05, 0.1) is 33.4 Å². The Balaban J connectivity index is 1.39. The predicted molar refractivity (Wildman–Crippen MR) is 140 cm³/mol. The van der Waals surface area contributed by atoms with Gasteiger partial charge < -0.3 is 10.2 Å². The summed E-state index contributed by atoms with van der Waals surface area (Å²) in [6.45, 7) is 0. The molecule has 39 heavy (non-hydrogen) atoms. The standard InChI is InChI=1S/C27H19N5O7/c33-25(28-16-6-8-18(9-7-16)31(36)37)24-23-22(21-14-5-15-3-1-2-4-20(15)30(21)24)26(34)29(27(23)35)17-10-12-19(13-11-17)32(38)39/h1-14,21-24H,(H,28,33)/t21-,22+,23+,24-/m0/s1. The molecule has 2 saturated heterocycles. The molecule has 12 nitrogen and oxygen atoms in total. The number of hydrogen-bond donors (Lipinski definition) is 1. The van der Waals surface area contributed by atoms with E-state index >= 15 is 0 Å². The summed E-state index contributed by atoms with van der Waals surface area (Å²) in [7, 11) is 0. The molecule has 0 aromatic heterocycles. The maximum Gasteiger partial charge on any atom is 0.269 e. The number of amides is 3. The number of benzene rings is 3. The van der Waals surface area contributed by atoms with Crippen LogP contribution in [0, 0.1) is 32.1 Å². The fourth-order valence-electron chi connectivity index (χ4n) is 5.67.